The summed E-state index contributed by atoms with van der Waals surface area (Å²) in [6.45, 7) is 6.62. The van der Waals surface area contributed by atoms with Gasteiger partial charge in [0, 0.05) is 39.3 Å². The molecule has 2 aromatic rings. The van der Waals surface area contributed by atoms with E-state index in [0.29, 0.717) is 17.9 Å². The first-order valence-corrected chi connectivity index (χ1v) is 16.7. The monoisotopic (exact) mass is 612 g/mol. The topological polar surface area (TPSA) is 65.0 Å². The second-order valence-corrected chi connectivity index (χ2v) is 13.0. The minimum Gasteiger partial charge on any atom is -0.365 e. The molecular formula is C33H45FN4O2S2. The Kier molecular flexibility index (Phi) is 13.5. The average molecular weight is 613 g/mol. The maximum atomic E-state index is 14.0. The van der Waals surface area contributed by atoms with E-state index in [1.165, 1.54) is 22.6 Å². The minimum atomic E-state index is -1.57. The molecule has 0 saturated carbocycles. The lowest BCUT2D eigenvalue weighted by Crippen LogP contribution is -2.41. The number of allylic oxidation sites excluding steroid dienone is 3. The quantitative estimate of drug-likeness (QED) is 0.189. The summed E-state index contributed by atoms with van der Waals surface area (Å²) in [7, 11) is 4.04. The van der Waals surface area contributed by atoms with Gasteiger partial charge < -0.3 is 9.80 Å². The summed E-state index contributed by atoms with van der Waals surface area (Å²) in [5, 5.41) is 2.07. The Balaban J connectivity index is 1.93. The molecule has 2 unspecified atom stereocenters. The Hall–Kier alpha value is -2.75. The zero-order valence-electron chi connectivity index (χ0n) is 25.7. The molecule has 0 spiro atoms. The van der Waals surface area contributed by atoms with E-state index in [1.807, 2.05) is 43.0 Å². The molecule has 2 aromatic carbocycles. The second kappa shape index (κ2) is 16.8. The fourth-order valence-corrected chi connectivity index (χ4v) is 6.89. The van der Waals surface area contributed by atoms with E-state index < -0.39 is 16.8 Å². The van der Waals surface area contributed by atoms with Gasteiger partial charge in [-0.15, -0.1) is 11.8 Å². The van der Waals surface area contributed by atoms with Gasteiger partial charge in [0.2, 0.25) is 5.91 Å². The van der Waals surface area contributed by atoms with E-state index in [1.54, 1.807) is 30.9 Å². The highest BCUT2D eigenvalue weighted by Crippen LogP contribution is 2.35. The lowest BCUT2D eigenvalue weighted by Gasteiger charge is -2.31. The van der Waals surface area contributed by atoms with Crippen LogP contribution in [0.3, 0.4) is 0 Å². The molecule has 0 fully saturated rings. The molecule has 0 aliphatic heterocycles. The van der Waals surface area contributed by atoms with Crippen molar-refractivity contribution >= 4 is 40.2 Å². The number of nitrogens with zero attached hydrogens (tertiary/aromatic N) is 3. The van der Waals surface area contributed by atoms with E-state index in [9.17, 15) is 13.4 Å². The van der Waals surface area contributed by atoms with Crippen LogP contribution in [0.2, 0.25) is 0 Å². The van der Waals surface area contributed by atoms with Crippen molar-refractivity contribution in [3.63, 3.8) is 0 Å². The number of benzene rings is 2. The summed E-state index contributed by atoms with van der Waals surface area (Å²) in [6, 6.07) is 11.9. The second-order valence-electron chi connectivity index (χ2n) is 10.8. The Morgan fingerprint density at radius 2 is 2.05 bits per heavy atom. The van der Waals surface area contributed by atoms with Crippen LogP contribution in [-0.2, 0) is 22.2 Å². The zero-order valence-corrected chi connectivity index (χ0v) is 27.4. The summed E-state index contributed by atoms with van der Waals surface area (Å²) in [5.74, 6) is 0.469. The number of aliphatic imine (C=N–C) groups is 1. The van der Waals surface area contributed by atoms with Gasteiger partial charge in [0.1, 0.15) is 22.6 Å². The summed E-state index contributed by atoms with van der Waals surface area (Å²) < 4.78 is 30.1. The number of carbonyl (C=O) groups excluding carboxylic acids is 1. The number of hydrogen-bond donors (Lipinski definition) is 1. The van der Waals surface area contributed by atoms with Gasteiger partial charge in [-0.2, -0.15) is 0 Å². The van der Waals surface area contributed by atoms with E-state index >= 15 is 0 Å². The van der Waals surface area contributed by atoms with Crippen molar-refractivity contribution in [1.29, 1.82) is 0 Å². The summed E-state index contributed by atoms with van der Waals surface area (Å²) in [4.78, 5) is 23.8. The smallest absolute Gasteiger partial charge is 0.228 e. The minimum absolute atomic E-state index is 0.0255. The number of rotatable bonds is 13. The normalized spacial score (nSPS) is 17.2. The van der Waals surface area contributed by atoms with Crippen LogP contribution in [0.1, 0.15) is 70.0 Å². The van der Waals surface area contributed by atoms with Gasteiger partial charge in [-0.1, -0.05) is 44.6 Å². The van der Waals surface area contributed by atoms with Crippen molar-refractivity contribution < 1.29 is 13.4 Å². The van der Waals surface area contributed by atoms with Crippen LogP contribution in [0.5, 0.6) is 0 Å². The molecule has 0 bridgehead atoms. The molecule has 0 saturated heterocycles. The Morgan fingerprint density at radius 1 is 1.26 bits per heavy atom. The Morgan fingerprint density at radius 3 is 2.71 bits per heavy atom. The van der Waals surface area contributed by atoms with Gasteiger partial charge in [0.25, 0.3) is 0 Å². The molecule has 0 radical (unpaired) electrons. The van der Waals surface area contributed by atoms with Crippen LogP contribution in [0.25, 0.3) is 0 Å². The van der Waals surface area contributed by atoms with Crippen molar-refractivity contribution in [3.8, 4) is 0 Å². The number of thioether (sulfide) groups is 1. The number of amidine groups is 1. The van der Waals surface area contributed by atoms with Crippen LogP contribution < -0.4 is 9.62 Å². The number of amides is 1. The first kappa shape index (κ1) is 33.7. The number of aryl methyl sites for hydroxylation is 1. The number of halogens is 1. The van der Waals surface area contributed by atoms with Crippen LogP contribution in [0.15, 0.2) is 74.8 Å². The summed E-state index contributed by atoms with van der Waals surface area (Å²) in [5.41, 5.74) is 2.99. The van der Waals surface area contributed by atoms with E-state index in [-0.39, 0.29) is 17.9 Å². The molecule has 1 aliphatic rings. The van der Waals surface area contributed by atoms with Crippen molar-refractivity contribution in [1.82, 2.24) is 9.62 Å². The lowest BCUT2D eigenvalue weighted by atomic mass is 9.87. The van der Waals surface area contributed by atoms with Crippen LogP contribution >= 0.6 is 11.8 Å². The largest absolute Gasteiger partial charge is 0.365 e. The fraction of sp³-hybridized carbons (Fsp3) is 0.455. The third-order valence-electron chi connectivity index (χ3n) is 7.33. The van der Waals surface area contributed by atoms with Gasteiger partial charge in [0.15, 0.2) is 0 Å². The molecule has 1 N–H and O–H groups in total. The third kappa shape index (κ3) is 9.38. The number of unbranched alkanes of at least 4 members (excludes halogenated alkanes) is 1. The van der Waals surface area contributed by atoms with Crippen molar-refractivity contribution in [2.24, 2.45) is 10.9 Å². The SMILES string of the molecule is C/C=C\S/C(=C/CCC)[C@@H](C)CC(=O)N(CC(=NC)N(C)C)c1ccc2c(c1)C(NS(=O)c1cccc(F)c1)CCC2. The summed E-state index contributed by atoms with van der Waals surface area (Å²) >= 11 is 1.68. The third-order valence-corrected chi connectivity index (χ3v) is 9.76. The highest BCUT2D eigenvalue weighted by atomic mass is 32.2. The van der Waals surface area contributed by atoms with Crippen molar-refractivity contribution in [3.05, 3.63) is 81.9 Å². The van der Waals surface area contributed by atoms with E-state index in [2.05, 4.69) is 47.2 Å². The van der Waals surface area contributed by atoms with Crippen molar-refractivity contribution in [2.75, 3.05) is 32.6 Å². The fourth-order valence-electron chi connectivity index (χ4n) is 5.00. The molecule has 3 atom stereocenters. The number of nitrogens with one attached hydrogen (secondary N) is 1. The molecule has 1 aliphatic carbocycles. The maximum Gasteiger partial charge on any atom is 0.228 e. The van der Waals surface area contributed by atoms with Crippen molar-refractivity contribution in [2.45, 2.75) is 70.2 Å². The van der Waals surface area contributed by atoms with Crippen LogP contribution in [-0.4, -0.2) is 48.5 Å². The summed E-state index contributed by atoms with van der Waals surface area (Å²) in [6.07, 6.45) is 9.34. The van der Waals surface area contributed by atoms with Crippen LogP contribution in [0.4, 0.5) is 10.1 Å². The van der Waals surface area contributed by atoms with Crippen LogP contribution in [0, 0.1) is 11.7 Å². The predicted octanol–water partition coefficient (Wildman–Crippen LogP) is 7.42. The maximum absolute atomic E-state index is 14.0. The Labute approximate surface area is 258 Å². The molecule has 1 amide bonds. The van der Waals surface area contributed by atoms with Gasteiger partial charge in [-0.3, -0.25) is 9.79 Å². The number of fused-ring (bicyclic) bond motifs is 1. The lowest BCUT2D eigenvalue weighted by molar-refractivity contribution is -0.119. The highest BCUT2D eigenvalue weighted by Gasteiger charge is 2.27. The highest BCUT2D eigenvalue weighted by molar-refractivity contribution is 8.05. The van der Waals surface area contributed by atoms with Gasteiger partial charge >= 0.3 is 0 Å². The van der Waals surface area contributed by atoms with Gasteiger partial charge in [0.05, 0.1) is 11.4 Å². The Bertz CT molecular complexity index is 1320. The molecule has 6 nitrogen and oxygen atoms in total. The van der Waals surface area contributed by atoms with Gasteiger partial charge in [-0.05, 0) is 90.3 Å². The number of hydrogen-bond acceptors (Lipinski definition) is 4. The number of carbonyl (C=O) groups is 1. The molecule has 3 rings (SSSR count). The molecule has 0 heterocycles. The molecular weight excluding hydrogens is 568 g/mol. The number of anilines is 1. The zero-order chi connectivity index (χ0) is 30.6. The number of likely N-dealkylation sites (N-methyl/N-ethyl adjacent to an activating group) is 1. The predicted molar refractivity (Wildman–Crippen MR) is 177 cm³/mol. The average Bonchev–Trinajstić information content (AvgIpc) is 2.97. The molecule has 0 aromatic heterocycles. The first-order valence-electron chi connectivity index (χ1n) is 14.7. The molecule has 9 heteroatoms. The first-order chi connectivity index (χ1) is 20.2. The van der Waals surface area contributed by atoms with E-state index in [0.717, 1.165) is 49.2 Å². The molecule has 228 valence electrons. The molecule has 42 heavy (non-hydrogen) atoms. The van der Waals surface area contributed by atoms with E-state index in [4.69, 9.17) is 0 Å². The standard InChI is InChI=1S/C33H45FN4O2S2/c1-7-9-16-31(41-19-8-2)24(3)20-33(39)38(23-32(35-4)37(5)6)27-18-17-25-12-10-15-30(29(25)22-27)36-42(40)28-14-11-13-26(34)21-28/h8,11,13-14,16-19,21-22,24,30,36H,7,9-10,12,15,20,23H2,1-6H3/b19-8-,31-16+,35-32?/t24-,30?,42?/m0/s1. The van der Waals surface area contributed by atoms with Gasteiger partial charge in [-0.25, -0.2) is 13.3 Å².